The van der Waals surface area contributed by atoms with Crippen molar-refractivity contribution in [2.24, 2.45) is 17.8 Å². The molecule has 9 heteroatoms. The van der Waals surface area contributed by atoms with Crippen molar-refractivity contribution < 1.29 is 41.8 Å². The molecule has 0 aromatic rings. The molecule has 5 nitrogen and oxygen atoms in total. The Morgan fingerprint density at radius 3 is 2.04 bits per heavy atom. The molecule has 4 fully saturated rings. The first-order valence-corrected chi connectivity index (χ1v) is 7.23. The molecule has 0 N–H and O–H groups in total. The Balaban J connectivity index is 1.81. The molecule has 0 amide bonds. The van der Waals surface area contributed by atoms with Crippen molar-refractivity contribution in [1.29, 1.82) is 0 Å². The molecule has 23 heavy (non-hydrogen) atoms. The van der Waals surface area contributed by atoms with Crippen LogP contribution in [0.4, 0.5) is 17.6 Å². The number of carboxylic acids is 1. The van der Waals surface area contributed by atoms with Crippen LogP contribution in [0.3, 0.4) is 0 Å². The molecule has 4 saturated carbocycles. The average molecular weight is 337 g/mol. The molecule has 0 aromatic heterocycles. The zero-order valence-corrected chi connectivity index (χ0v) is 11.8. The number of ketones is 1. The summed E-state index contributed by atoms with van der Waals surface area (Å²) in [5, 5.41) is 10.2. The highest BCUT2D eigenvalue weighted by atomic mass is 19.3. The fourth-order valence-electron chi connectivity index (χ4n) is 4.32. The van der Waals surface area contributed by atoms with Crippen molar-refractivity contribution >= 4 is 17.7 Å². The summed E-state index contributed by atoms with van der Waals surface area (Å²) in [6.07, 6.45) is 1.45. The number of ether oxygens (including phenoxy) is 1. The normalized spacial score (nSPS) is 36.2. The molecule has 2 unspecified atom stereocenters. The lowest BCUT2D eigenvalue weighted by atomic mass is 9.53. The zero-order chi connectivity index (χ0) is 17.2. The number of alkyl halides is 4. The first-order chi connectivity index (χ1) is 10.5. The molecular weight excluding hydrogens is 324 g/mol. The Hall–Kier alpha value is -1.67. The molecule has 0 aromatic carbocycles. The van der Waals surface area contributed by atoms with Gasteiger partial charge >= 0.3 is 17.8 Å². The van der Waals surface area contributed by atoms with Gasteiger partial charge in [-0.05, 0) is 38.0 Å². The summed E-state index contributed by atoms with van der Waals surface area (Å²) in [6, 6.07) is 0. The molecular formula is C14H13F4O5-. The Morgan fingerprint density at radius 1 is 1.04 bits per heavy atom. The first-order valence-electron chi connectivity index (χ1n) is 7.23. The third kappa shape index (κ3) is 2.23. The molecule has 4 aliphatic carbocycles. The highest BCUT2D eigenvalue weighted by Gasteiger charge is 2.67. The van der Waals surface area contributed by atoms with E-state index >= 15 is 0 Å². The Kier molecular flexibility index (Phi) is 3.29. The number of hydrogen-bond acceptors (Lipinski definition) is 5. The van der Waals surface area contributed by atoms with Crippen LogP contribution >= 0.6 is 0 Å². The predicted octanol–water partition coefficient (Wildman–Crippen LogP) is 0.698. The summed E-state index contributed by atoms with van der Waals surface area (Å²) in [5.74, 6) is -17.9. The summed E-state index contributed by atoms with van der Waals surface area (Å²) >= 11 is 0. The van der Waals surface area contributed by atoms with Crippen LogP contribution in [0.15, 0.2) is 0 Å². The maximum atomic E-state index is 13.5. The van der Waals surface area contributed by atoms with Gasteiger partial charge in [-0.15, -0.1) is 0 Å². The van der Waals surface area contributed by atoms with E-state index in [1.165, 1.54) is 0 Å². The van der Waals surface area contributed by atoms with Gasteiger partial charge in [0.2, 0.25) is 0 Å². The third-order valence-corrected chi connectivity index (χ3v) is 5.15. The summed E-state index contributed by atoms with van der Waals surface area (Å²) in [6.45, 7) is 0. The van der Waals surface area contributed by atoms with Crippen LogP contribution in [0.5, 0.6) is 0 Å². The van der Waals surface area contributed by atoms with Gasteiger partial charge in [0.15, 0.2) is 0 Å². The summed E-state index contributed by atoms with van der Waals surface area (Å²) in [7, 11) is 0. The Morgan fingerprint density at radius 2 is 1.57 bits per heavy atom. The standard InChI is InChI=1S/C14H14F4O5/c15-13(16,10(20)21)14(17,18)11(22)23-12-3-6-1-7(4-12)9(19)8(2-6)5-12/h6-8H,1-5H2,(H,20,21)/p-1. The van der Waals surface area contributed by atoms with E-state index in [1.54, 1.807) is 0 Å². The molecule has 0 heterocycles. The molecule has 0 radical (unpaired) electrons. The minimum Gasteiger partial charge on any atom is -0.544 e. The third-order valence-electron chi connectivity index (χ3n) is 5.15. The Labute approximate surface area is 128 Å². The van der Waals surface area contributed by atoms with Crippen LogP contribution in [0.2, 0.25) is 0 Å². The second kappa shape index (κ2) is 4.67. The SMILES string of the molecule is O=C1C2CC3CC1CC(OC(=O)C(F)(F)C(F)(F)C(=O)[O-])(C3)C2. The number of hydrogen-bond donors (Lipinski definition) is 0. The molecule has 0 saturated heterocycles. The fourth-order valence-corrected chi connectivity index (χ4v) is 4.32. The van der Waals surface area contributed by atoms with Gasteiger partial charge in [0.25, 0.3) is 0 Å². The van der Waals surface area contributed by atoms with Gasteiger partial charge in [0.1, 0.15) is 17.4 Å². The molecule has 0 spiro atoms. The lowest BCUT2D eigenvalue weighted by Crippen LogP contribution is -2.62. The smallest absolute Gasteiger partial charge is 0.410 e. The summed E-state index contributed by atoms with van der Waals surface area (Å²) < 4.78 is 57.7. The molecule has 4 aliphatic rings. The van der Waals surface area contributed by atoms with Gasteiger partial charge in [-0.2, -0.15) is 17.6 Å². The van der Waals surface area contributed by atoms with Crippen LogP contribution in [-0.4, -0.2) is 35.2 Å². The highest BCUT2D eigenvalue weighted by molar-refractivity contribution is 5.89. The lowest BCUT2D eigenvalue weighted by Gasteiger charge is -2.54. The second-order valence-electron chi connectivity index (χ2n) is 6.75. The minimum absolute atomic E-state index is 0.000509. The molecule has 4 bridgehead atoms. The summed E-state index contributed by atoms with van der Waals surface area (Å²) in [4.78, 5) is 33.7. The van der Waals surface area contributed by atoms with E-state index in [1.807, 2.05) is 0 Å². The van der Waals surface area contributed by atoms with Gasteiger partial charge in [-0.3, -0.25) is 4.79 Å². The van der Waals surface area contributed by atoms with E-state index < -0.39 is 41.2 Å². The van der Waals surface area contributed by atoms with Crippen molar-refractivity contribution in [1.82, 2.24) is 0 Å². The fraction of sp³-hybridized carbons (Fsp3) is 0.786. The molecule has 4 rings (SSSR count). The largest absolute Gasteiger partial charge is 0.544 e. The van der Waals surface area contributed by atoms with Gasteiger partial charge in [0.05, 0.1) is 0 Å². The number of aliphatic carboxylic acids is 1. The number of carbonyl (C=O) groups excluding carboxylic acids is 3. The number of halogens is 4. The van der Waals surface area contributed by atoms with Gasteiger partial charge in [0, 0.05) is 11.8 Å². The van der Waals surface area contributed by atoms with Crippen molar-refractivity contribution in [3.05, 3.63) is 0 Å². The Bertz CT molecular complexity index is 570. The van der Waals surface area contributed by atoms with Crippen LogP contribution < -0.4 is 5.11 Å². The van der Waals surface area contributed by atoms with Gasteiger partial charge in [-0.25, -0.2) is 4.79 Å². The van der Waals surface area contributed by atoms with Crippen LogP contribution in [0.1, 0.15) is 32.1 Å². The average Bonchev–Trinajstić information content (AvgIpc) is 2.42. The van der Waals surface area contributed by atoms with E-state index in [4.69, 9.17) is 0 Å². The van der Waals surface area contributed by atoms with Crippen molar-refractivity contribution in [2.45, 2.75) is 49.6 Å². The predicted molar refractivity (Wildman–Crippen MR) is 62.3 cm³/mol. The number of carbonyl (C=O) groups is 3. The topological polar surface area (TPSA) is 83.5 Å². The van der Waals surface area contributed by atoms with Crippen LogP contribution in [-0.2, 0) is 19.1 Å². The molecule has 0 aliphatic heterocycles. The maximum Gasteiger partial charge on any atom is 0.410 e. The first kappa shape index (κ1) is 16.2. The second-order valence-corrected chi connectivity index (χ2v) is 6.75. The number of rotatable bonds is 4. The van der Waals surface area contributed by atoms with E-state index in [2.05, 4.69) is 4.74 Å². The van der Waals surface area contributed by atoms with E-state index in [9.17, 15) is 37.1 Å². The quantitative estimate of drug-likeness (QED) is 0.557. The highest BCUT2D eigenvalue weighted by Crippen LogP contribution is 2.56. The number of carboxylic acid groups (broad SMARTS) is 1. The van der Waals surface area contributed by atoms with E-state index in [0.29, 0.717) is 12.8 Å². The van der Waals surface area contributed by atoms with Crippen LogP contribution in [0, 0.1) is 17.8 Å². The monoisotopic (exact) mass is 337 g/mol. The van der Waals surface area contributed by atoms with Crippen LogP contribution in [0.25, 0.3) is 0 Å². The van der Waals surface area contributed by atoms with E-state index in [0.717, 1.165) is 0 Å². The molecule has 128 valence electrons. The van der Waals surface area contributed by atoms with Gasteiger partial charge in [-0.1, -0.05) is 0 Å². The number of Topliss-reactive ketones (excluding diaryl/α,β-unsaturated/α-hetero) is 1. The minimum atomic E-state index is -5.66. The van der Waals surface area contributed by atoms with Gasteiger partial charge < -0.3 is 14.6 Å². The van der Waals surface area contributed by atoms with Crippen molar-refractivity contribution in [2.75, 3.05) is 0 Å². The number of esters is 1. The summed E-state index contributed by atoms with van der Waals surface area (Å²) in [5.41, 5.74) is -1.38. The maximum absolute atomic E-state index is 13.5. The van der Waals surface area contributed by atoms with Crippen molar-refractivity contribution in [3.8, 4) is 0 Å². The van der Waals surface area contributed by atoms with Crippen molar-refractivity contribution in [3.63, 3.8) is 0 Å². The van der Waals surface area contributed by atoms with E-state index in [-0.39, 0.29) is 31.0 Å². The molecule has 2 atom stereocenters. The zero-order valence-electron chi connectivity index (χ0n) is 11.8. The lowest BCUT2D eigenvalue weighted by molar-refractivity contribution is -0.347.